The van der Waals surface area contributed by atoms with Crippen molar-refractivity contribution in [2.45, 2.75) is 26.2 Å². The van der Waals surface area contributed by atoms with Gasteiger partial charge in [-0.2, -0.15) is 0 Å². The van der Waals surface area contributed by atoms with E-state index in [9.17, 15) is 4.79 Å². The molecule has 0 saturated carbocycles. The van der Waals surface area contributed by atoms with E-state index >= 15 is 0 Å². The van der Waals surface area contributed by atoms with Gasteiger partial charge in [-0.15, -0.1) is 0 Å². The molecule has 0 aliphatic carbocycles. The molecule has 0 aliphatic heterocycles. The van der Waals surface area contributed by atoms with Crippen LogP contribution in [0.2, 0.25) is 0 Å². The number of carbonyl (C=O) groups is 1. The zero-order valence-electron chi connectivity index (χ0n) is 13.7. The summed E-state index contributed by atoms with van der Waals surface area (Å²) >= 11 is 1.44. The molecular weight excluding hydrogens is 318 g/mol. The zero-order chi connectivity index (χ0) is 16.8. The minimum Gasteiger partial charge on any atom is -0.351 e. The number of carbonyl (C=O) groups excluding carboxylic acids is 1. The fraction of sp³-hybridized carbons (Fsp3) is 0.263. The molecule has 0 aliphatic rings. The monoisotopic (exact) mass is 339 g/mol. The Morgan fingerprint density at radius 2 is 1.92 bits per heavy atom. The third-order valence-electron chi connectivity index (χ3n) is 3.82. The maximum absolute atomic E-state index is 12.5. The van der Waals surface area contributed by atoms with Crippen LogP contribution in [0.1, 0.15) is 34.3 Å². The Bertz CT molecular complexity index is 778. The van der Waals surface area contributed by atoms with Crippen LogP contribution < -0.4 is 5.32 Å². The second kappa shape index (κ2) is 7.93. The molecule has 5 heteroatoms. The molecule has 0 atom stereocenters. The van der Waals surface area contributed by atoms with Crippen molar-refractivity contribution in [1.82, 2.24) is 14.9 Å². The Hall–Kier alpha value is -2.40. The highest BCUT2D eigenvalue weighted by Crippen LogP contribution is 2.22. The number of rotatable bonds is 7. The van der Waals surface area contributed by atoms with Crippen LogP contribution in [0.25, 0.3) is 5.13 Å². The Labute approximate surface area is 146 Å². The third-order valence-corrected chi connectivity index (χ3v) is 4.93. The van der Waals surface area contributed by atoms with E-state index in [1.165, 1.54) is 16.9 Å². The minimum atomic E-state index is -0.0178. The average molecular weight is 339 g/mol. The number of nitrogens with zero attached hydrogens (tertiary/aromatic N) is 2. The molecule has 124 valence electrons. The molecule has 0 bridgehead atoms. The highest BCUT2D eigenvalue weighted by atomic mass is 32.1. The number of benzene rings is 1. The molecule has 0 saturated heterocycles. The molecule has 1 amide bonds. The van der Waals surface area contributed by atoms with Crippen molar-refractivity contribution in [2.75, 3.05) is 6.54 Å². The maximum Gasteiger partial charge on any atom is 0.263 e. The molecule has 2 aromatic heterocycles. The molecule has 1 N–H and O–H groups in total. The first-order chi connectivity index (χ1) is 11.8. The van der Waals surface area contributed by atoms with Gasteiger partial charge in [-0.25, -0.2) is 4.98 Å². The van der Waals surface area contributed by atoms with E-state index in [2.05, 4.69) is 22.4 Å². The summed E-state index contributed by atoms with van der Waals surface area (Å²) in [5.41, 5.74) is 2.16. The largest absolute Gasteiger partial charge is 0.351 e. The third kappa shape index (κ3) is 3.92. The van der Waals surface area contributed by atoms with Crippen LogP contribution in [0.3, 0.4) is 0 Å². The number of amides is 1. The molecule has 1 aromatic carbocycles. The average Bonchev–Trinajstić information content (AvgIpc) is 3.28. The Morgan fingerprint density at radius 3 is 2.62 bits per heavy atom. The van der Waals surface area contributed by atoms with Crippen LogP contribution in [0, 0.1) is 0 Å². The van der Waals surface area contributed by atoms with Crippen molar-refractivity contribution in [3.8, 4) is 5.13 Å². The highest BCUT2D eigenvalue weighted by Gasteiger charge is 2.17. The van der Waals surface area contributed by atoms with Gasteiger partial charge in [0.1, 0.15) is 4.88 Å². The topological polar surface area (TPSA) is 46.9 Å². The molecule has 24 heavy (non-hydrogen) atoms. The SMILES string of the molecule is CCc1nc(-n2cccc2)sc1C(=O)NCCCc1ccccc1. The van der Waals surface area contributed by atoms with Crippen molar-refractivity contribution in [3.05, 3.63) is 71.0 Å². The smallest absolute Gasteiger partial charge is 0.263 e. The van der Waals surface area contributed by atoms with Gasteiger partial charge in [0.05, 0.1) is 5.69 Å². The van der Waals surface area contributed by atoms with E-state index in [-0.39, 0.29) is 5.91 Å². The maximum atomic E-state index is 12.5. The molecule has 4 nitrogen and oxygen atoms in total. The Morgan fingerprint density at radius 1 is 1.17 bits per heavy atom. The normalized spacial score (nSPS) is 10.7. The molecule has 0 unspecified atom stereocenters. The molecule has 0 radical (unpaired) electrons. The van der Waals surface area contributed by atoms with E-state index in [0.29, 0.717) is 6.54 Å². The number of thiazole rings is 1. The fourth-order valence-electron chi connectivity index (χ4n) is 2.55. The standard InChI is InChI=1S/C19H21N3OS/c1-2-16-17(24-19(21-16)22-13-6-7-14-22)18(23)20-12-8-11-15-9-4-3-5-10-15/h3-7,9-10,13-14H,2,8,11-12H2,1H3,(H,20,23). The summed E-state index contributed by atoms with van der Waals surface area (Å²) in [5, 5.41) is 3.86. The van der Waals surface area contributed by atoms with Crippen molar-refractivity contribution in [3.63, 3.8) is 0 Å². The quantitative estimate of drug-likeness (QED) is 0.665. The molecular formula is C19H21N3OS. The highest BCUT2D eigenvalue weighted by molar-refractivity contribution is 7.16. The molecule has 2 heterocycles. The number of nitrogens with one attached hydrogen (secondary N) is 1. The van der Waals surface area contributed by atoms with Crippen molar-refractivity contribution < 1.29 is 4.79 Å². The predicted octanol–water partition coefficient (Wildman–Crippen LogP) is 3.86. The van der Waals surface area contributed by atoms with Gasteiger partial charge in [0.15, 0.2) is 5.13 Å². The zero-order valence-corrected chi connectivity index (χ0v) is 14.6. The van der Waals surface area contributed by atoms with Crippen LogP contribution in [0.4, 0.5) is 0 Å². The summed E-state index contributed by atoms with van der Waals surface area (Å²) in [4.78, 5) is 17.8. The summed E-state index contributed by atoms with van der Waals surface area (Å²) in [5.74, 6) is -0.0178. The number of aryl methyl sites for hydroxylation is 2. The van der Waals surface area contributed by atoms with Gasteiger partial charge < -0.3 is 9.88 Å². The Balaban J connectivity index is 1.58. The molecule has 0 fully saturated rings. The van der Waals surface area contributed by atoms with E-state index in [1.54, 1.807) is 0 Å². The predicted molar refractivity (Wildman–Crippen MR) is 97.9 cm³/mol. The Kier molecular flexibility index (Phi) is 5.43. The first-order valence-electron chi connectivity index (χ1n) is 8.23. The van der Waals surface area contributed by atoms with Crippen LogP contribution in [-0.2, 0) is 12.8 Å². The van der Waals surface area contributed by atoms with Crippen LogP contribution >= 0.6 is 11.3 Å². The number of hydrogen-bond donors (Lipinski definition) is 1. The second-order valence-corrected chi connectivity index (χ2v) is 6.54. The molecule has 3 rings (SSSR count). The van der Waals surface area contributed by atoms with E-state index in [4.69, 9.17) is 0 Å². The van der Waals surface area contributed by atoms with Crippen LogP contribution in [0.15, 0.2) is 54.9 Å². The number of hydrogen-bond acceptors (Lipinski definition) is 3. The van der Waals surface area contributed by atoms with Gasteiger partial charge in [0, 0.05) is 18.9 Å². The first kappa shape index (κ1) is 16.5. The van der Waals surface area contributed by atoms with Crippen molar-refractivity contribution in [2.24, 2.45) is 0 Å². The van der Waals surface area contributed by atoms with Crippen molar-refractivity contribution in [1.29, 1.82) is 0 Å². The molecule has 0 spiro atoms. The van der Waals surface area contributed by atoms with Gasteiger partial charge >= 0.3 is 0 Å². The lowest BCUT2D eigenvalue weighted by molar-refractivity contribution is 0.0956. The summed E-state index contributed by atoms with van der Waals surface area (Å²) in [7, 11) is 0. The summed E-state index contributed by atoms with van der Waals surface area (Å²) in [6.07, 6.45) is 6.55. The van der Waals surface area contributed by atoms with Gasteiger partial charge in [0.2, 0.25) is 0 Å². The van der Waals surface area contributed by atoms with Gasteiger partial charge in [0.25, 0.3) is 5.91 Å². The summed E-state index contributed by atoms with van der Waals surface area (Å²) in [6.45, 7) is 2.70. The van der Waals surface area contributed by atoms with Gasteiger partial charge in [-0.05, 0) is 37.0 Å². The van der Waals surface area contributed by atoms with Gasteiger partial charge in [-0.3, -0.25) is 4.79 Å². The molecule has 3 aromatic rings. The van der Waals surface area contributed by atoms with E-state index in [0.717, 1.165) is 35.0 Å². The minimum absolute atomic E-state index is 0.0178. The lowest BCUT2D eigenvalue weighted by Crippen LogP contribution is -2.24. The summed E-state index contributed by atoms with van der Waals surface area (Å²) < 4.78 is 1.94. The van der Waals surface area contributed by atoms with E-state index in [1.807, 2.05) is 54.2 Å². The lowest BCUT2D eigenvalue weighted by atomic mass is 10.1. The fourth-order valence-corrected chi connectivity index (χ4v) is 3.59. The van der Waals surface area contributed by atoms with Crippen LogP contribution in [0.5, 0.6) is 0 Å². The van der Waals surface area contributed by atoms with E-state index < -0.39 is 0 Å². The summed E-state index contributed by atoms with van der Waals surface area (Å²) in [6, 6.07) is 14.2. The number of aromatic nitrogens is 2. The van der Waals surface area contributed by atoms with Gasteiger partial charge in [-0.1, -0.05) is 48.6 Å². The van der Waals surface area contributed by atoms with Crippen molar-refractivity contribution >= 4 is 17.2 Å². The first-order valence-corrected chi connectivity index (χ1v) is 9.04. The van der Waals surface area contributed by atoms with Crippen LogP contribution in [-0.4, -0.2) is 22.0 Å². The second-order valence-electron chi connectivity index (χ2n) is 5.56. The lowest BCUT2D eigenvalue weighted by Gasteiger charge is -2.04.